The van der Waals surface area contributed by atoms with E-state index >= 15 is 0 Å². The van der Waals surface area contributed by atoms with Crippen molar-refractivity contribution in [2.45, 2.75) is 19.5 Å². The van der Waals surface area contributed by atoms with Crippen LogP contribution in [-0.2, 0) is 6.54 Å². The molecule has 0 spiro atoms. The van der Waals surface area contributed by atoms with E-state index < -0.39 is 0 Å². The van der Waals surface area contributed by atoms with Gasteiger partial charge in [-0.05, 0) is 31.7 Å². The van der Waals surface area contributed by atoms with E-state index in [4.69, 9.17) is 5.73 Å². The molecule has 1 unspecified atom stereocenters. The van der Waals surface area contributed by atoms with Crippen LogP contribution in [0.1, 0.15) is 12.5 Å². The first-order chi connectivity index (χ1) is 8.06. The molecule has 0 radical (unpaired) electrons. The highest BCUT2D eigenvalue weighted by Crippen LogP contribution is 2.21. The molecule has 1 aliphatic heterocycles. The van der Waals surface area contributed by atoms with Gasteiger partial charge >= 0.3 is 0 Å². The number of nitrogens with two attached hydrogens (primary N) is 1. The molecule has 2 rings (SSSR count). The molecule has 94 valence electrons. The van der Waals surface area contributed by atoms with E-state index in [1.165, 1.54) is 5.56 Å². The number of piperazine rings is 1. The summed E-state index contributed by atoms with van der Waals surface area (Å²) in [4.78, 5) is 4.88. The standard InChI is InChI=1S/C13H20BrN3/c1-10-8-16(2)5-6-17(10)9-11-3-4-12(14)7-13(11)15/h3-4,7,10H,5-6,8-9,15H2,1-2H3. The highest BCUT2D eigenvalue weighted by molar-refractivity contribution is 9.10. The van der Waals surface area contributed by atoms with Crippen LogP contribution in [0, 0.1) is 0 Å². The van der Waals surface area contributed by atoms with Crippen molar-refractivity contribution in [1.82, 2.24) is 9.80 Å². The number of hydrogen-bond acceptors (Lipinski definition) is 3. The van der Waals surface area contributed by atoms with Gasteiger partial charge in [0.15, 0.2) is 0 Å². The lowest BCUT2D eigenvalue weighted by Crippen LogP contribution is -2.49. The van der Waals surface area contributed by atoms with Gasteiger partial charge < -0.3 is 10.6 Å². The van der Waals surface area contributed by atoms with Crippen molar-refractivity contribution in [3.05, 3.63) is 28.2 Å². The van der Waals surface area contributed by atoms with E-state index in [2.05, 4.69) is 51.8 Å². The van der Waals surface area contributed by atoms with Gasteiger partial charge in [-0.15, -0.1) is 0 Å². The van der Waals surface area contributed by atoms with Crippen LogP contribution in [0.2, 0.25) is 0 Å². The van der Waals surface area contributed by atoms with Crippen LogP contribution in [-0.4, -0.2) is 42.5 Å². The Morgan fingerprint density at radius 3 is 2.82 bits per heavy atom. The Kier molecular flexibility index (Phi) is 4.07. The summed E-state index contributed by atoms with van der Waals surface area (Å²) >= 11 is 3.44. The number of nitrogens with zero attached hydrogens (tertiary/aromatic N) is 2. The van der Waals surface area contributed by atoms with E-state index in [1.54, 1.807) is 0 Å². The van der Waals surface area contributed by atoms with Crippen LogP contribution in [0.4, 0.5) is 5.69 Å². The maximum Gasteiger partial charge on any atom is 0.0371 e. The van der Waals surface area contributed by atoms with Gasteiger partial charge in [-0.25, -0.2) is 0 Å². The molecule has 1 aromatic rings. The highest BCUT2D eigenvalue weighted by atomic mass is 79.9. The van der Waals surface area contributed by atoms with E-state index in [0.29, 0.717) is 6.04 Å². The Hall–Kier alpha value is -0.580. The zero-order chi connectivity index (χ0) is 12.4. The lowest BCUT2D eigenvalue weighted by atomic mass is 10.1. The molecule has 3 nitrogen and oxygen atoms in total. The van der Waals surface area contributed by atoms with Crippen LogP contribution in [0.15, 0.2) is 22.7 Å². The number of rotatable bonds is 2. The molecule has 2 N–H and O–H groups in total. The van der Waals surface area contributed by atoms with Crippen LogP contribution in [0.5, 0.6) is 0 Å². The molecule has 1 aromatic carbocycles. The Bertz CT molecular complexity index is 394. The van der Waals surface area contributed by atoms with Crippen molar-refractivity contribution in [1.29, 1.82) is 0 Å². The molecule has 17 heavy (non-hydrogen) atoms. The molecule has 0 saturated carbocycles. The molecule has 1 heterocycles. The molecular weight excluding hydrogens is 278 g/mol. The molecule has 0 aromatic heterocycles. The van der Waals surface area contributed by atoms with Gasteiger partial charge in [-0.2, -0.15) is 0 Å². The predicted molar refractivity (Wildman–Crippen MR) is 75.9 cm³/mol. The minimum Gasteiger partial charge on any atom is -0.398 e. The molecule has 1 atom stereocenters. The third-order valence-corrected chi connectivity index (χ3v) is 3.94. The number of anilines is 1. The second kappa shape index (κ2) is 5.38. The molecule has 1 fully saturated rings. The fourth-order valence-corrected chi connectivity index (χ4v) is 2.72. The van der Waals surface area contributed by atoms with Crippen LogP contribution in [0.3, 0.4) is 0 Å². The zero-order valence-electron chi connectivity index (χ0n) is 10.5. The molecule has 1 aliphatic rings. The van der Waals surface area contributed by atoms with Crippen molar-refractivity contribution in [3.8, 4) is 0 Å². The number of benzene rings is 1. The predicted octanol–water partition coefficient (Wildman–Crippen LogP) is 2.17. The summed E-state index contributed by atoms with van der Waals surface area (Å²) in [6.45, 7) is 6.63. The summed E-state index contributed by atoms with van der Waals surface area (Å²) in [7, 11) is 2.18. The Labute approximate surface area is 112 Å². The fourth-order valence-electron chi connectivity index (χ4n) is 2.34. The maximum absolute atomic E-state index is 6.04. The van der Waals surface area contributed by atoms with Gasteiger partial charge in [-0.3, -0.25) is 4.90 Å². The summed E-state index contributed by atoms with van der Waals surface area (Å²) < 4.78 is 1.05. The molecule has 0 amide bonds. The molecule has 0 aliphatic carbocycles. The minimum atomic E-state index is 0.594. The molecule has 0 bridgehead atoms. The Morgan fingerprint density at radius 2 is 2.18 bits per heavy atom. The smallest absolute Gasteiger partial charge is 0.0371 e. The number of halogens is 1. The first-order valence-electron chi connectivity index (χ1n) is 6.03. The third-order valence-electron chi connectivity index (χ3n) is 3.45. The molecular formula is C13H20BrN3. The number of nitrogen functional groups attached to an aromatic ring is 1. The topological polar surface area (TPSA) is 32.5 Å². The summed E-state index contributed by atoms with van der Waals surface area (Å²) in [6, 6.07) is 6.75. The van der Waals surface area contributed by atoms with Crippen molar-refractivity contribution in [2.24, 2.45) is 0 Å². The zero-order valence-corrected chi connectivity index (χ0v) is 12.1. The maximum atomic E-state index is 6.04. The molecule has 1 saturated heterocycles. The van der Waals surface area contributed by atoms with Crippen LogP contribution < -0.4 is 5.73 Å². The summed E-state index contributed by atoms with van der Waals surface area (Å²) in [5.41, 5.74) is 8.15. The van der Waals surface area contributed by atoms with E-state index in [1.807, 2.05) is 6.07 Å². The highest BCUT2D eigenvalue weighted by Gasteiger charge is 2.21. The number of hydrogen-bond donors (Lipinski definition) is 1. The van der Waals surface area contributed by atoms with Gasteiger partial charge in [0.05, 0.1) is 0 Å². The van der Waals surface area contributed by atoms with Gasteiger partial charge in [0, 0.05) is 42.4 Å². The number of likely N-dealkylation sites (N-methyl/N-ethyl adjacent to an activating group) is 1. The van der Waals surface area contributed by atoms with Gasteiger partial charge in [0.2, 0.25) is 0 Å². The van der Waals surface area contributed by atoms with Crippen LogP contribution >= 0.6 is 15.9 Å². The van der Waals surface area contributed by atoms with Gasteiger partial charge in [-0.1, -0.05) is 22.0 Å². The Morgan fingerprint density at radius 1 is 1.41 bits per heavy atom. The first-order valence-corrected chi connectivity index (χ1v) is 6.82. The van der Waals surface area contributed by atoms with Crippen LogP contribution in [0.25, 0.3) is 0 Å². The van der Waals surface area contributed by atoms with Crippen molar-refractivity contribution >= 4 is 21.6 Å². The van der Waals surface area contributed by atoms with E-state index in [9.17, 15) is 0 Å². The SMILES string of the molecule is CC1CN(C)CCN1Cc1ccc(Br)cc1N. The van der Waals surface area contributed by atoms with E-state index in [0.717, 1.165) is 36.3 Å². The second-order valence-electron chi connectivity index (χ2n) is 4.92. The largest absolute Gasteiger partial charge is 0.398 e. The lowest BCUT2D eigenvalue weighted by molar-refractivity contribution is 0.0940. The van der Waals surface area contributed by atoms with Crippen molar-refractivity contribution in [3.63, 3.8) is 0 Å². The summed E-state index contributed by atoms with van der Waals surface area (Å²) in [5.74, 6) is 0. The lowest BCUT2D eigenvalue weighted by Gasteiger charge is -2.38. The normalized spacial score (nSPS) is 22.9. The van der Waals surface area contributed by atoms with Gasteiger partial charge in [0.25, 0.3) is 0 Å². The third kappa shape index (κ3) is 3.21. The summed E-state index contributed by atoms with van der Waals surface area (Å²) in [6.07, 6.45) is 0. The quantitative estimate of drug-likeness (QED) is 0.849. The van der Waals surface area contributed by atoms with Gasteiger partial charge in [0.1, 0.15) is 0 Å². The first kappa shape index (κ1) is 12.9. The summed E-state index contributed by atoms with van der Waals surface area (Å²) in [5, 5.41) is 0. The fraction of sp³-hybridized carbons (Fsp3) is 0.538. The Balaban J connectivity index is 2.05. The minimum absolute atomic E-state index is 0.594. The average Bonchev–Trinajstić information content (AvgIpc) is 2.25. The van der Waals surface area contributed by atoms with Crippen molar-refractivity contribution < 1.29 is 0 Å². The van der Waals surface area contributed by atoms with Crippen molar-refractivity contribution in [2.75, 3.05) is 32.4 Å². The average molecular weight is 298 g/mol. The molecule has 4 heteroatoms. The second-order valence-corrected chi connectivity index (χ2v) is 5.84. The van der Waals surface area contributed by atoms with E-state index in [-0.39, 0.29) is 0 Å². The monoisotopic (exact) mass is 297 g/mol.